The van der Waals surface area contributed by atoms with Gasteiger partial charge in [-0.3, -0.25) is 14.7 Å². The number of hydrogen-bond acceptors (Lipinski definition) is 14. The van der Waals surface area contributed by atoms with Gasteiger partial charge in [0.05, 0.1) is 24.7 Å². The maximum Gasteiger partial charge on any atom is 1.00 e. The number of aromatic carboxylic acids is 1. The number of halogens is 2. The number of carbonyl (C=O) groups excluding carboxylic acids is 4. The molecule has 55 heavy (non-hydrogen) atoms. The van der Waals surface area contributed by atoms with Gasteiger partial charge >= 0.3 is 68.5 Å². The topological polar surface area (TPSA) is 250 Å². The third kappa shape index (κ3) is 15.8. The van der Waals surface area contributed by atoms with Crippen molar-refractivity contribution in [3.8, 4) is 11.5 Å². The number of rotatable bonds is 11. The molecule has 1 aromatic heterocycles. The van der Waals surface area contributed by atoms with E-state index in [1.807, 2.05) is 24.3 Å². The van der Waals surface area contributed by atoms with Crippen molar-refractivity contribution < 1.29 is 121 Å². The molecule has 3 aliphatic heterocycles. The Morgan fingerprint density at radius 2 is 1.62 bits per heavy atom. The Hall–Kier alpha value is -3.01. The summed E-state index contributed by atoms with van der Waals surface area (Å²) in [6.07, 6.45) is 2.90. The minimum absolute atomic E-state index is 0. The molecular weight excluding hydrogens is 748 g/mol. The van der Waals surface area contributed by atoms with E-state index in [0.29, 0.717) is 11.8 Å². The Morgan fingerprint density at radius 3 is 2.09 bits per heavy atom. The first-order valence-corrected chi connectivity index (χ1v) is 15.4. The molecule has 0 spiro atoms. The number of aliphatic carboxylic acids is 3. The number of para-hydroxylation sites is 1. The van der Waals surface area contributed by atoms with Crippen molar-refractivity contribution in [2.75, 3.05) is 20.2 Å². The molecule has 20 heteroatoms. The number of pyridine rings is 1. The second-order valence-electron chi connectivity index (χ2n) is 11.8. The zero-order valence-corrected chi connectivity index (χ0v) is 32.8. The van der Waals surface area contributed by atoms with Crippen molar-refractivity contribution >= 4 is 65.6 Å². The van der Waals surface area contributed by atoms with Crippen molar-refractivity contribution in [2.24, 2.45) is 11.8 Å². The largest absolute Gasteiger partial charge is 1.00 e. The second kappa shape index (κ2) is 26.0. The molecule has 3 saturated heterocycles. The van der Waals surface area contributed by atoms with Gasteiger partial charge in [0.1, 0.15) is 22.7 Å². The fourth-order valence-electron chi connectivity index (χ4n) is 6.02. The molecule has 284 valence electrons. The van der Waals surface area contributed by atoms with Crippen molar-refractivity contribution in [1.29, 1.82) is 0 Å². The van der Waals surface area contributed by atoms with E-state index >= 15 is 0 Å². The average molecular weight is 787 g/mol. The number of ether oxygens (including phenoxy) is 2. The number of nitrogens with zero attached hydrogens (tertiary/aromatic N) is 2. The van der Waals surface area contributed by atoms with Crippen LogP contribution in [0.5, 0.6) is 11.5 Å². The Bertz CT molecular complexity index is 1740. The van der Waals surface area contributed by atoms with Crippen LogP contribution in [0.2, 0.25) is 0 Å². The van der Waals surface area contributed by atoms with Crippen LogP contribution < -0.4 is 81.4 Å². The Balaban J connectivity index is -0.000000762. The summed E-state index contributed by atoms with van der Waals surface area (Å²) < 4.78 is 10.0. The number of carboxylic acid groups (broad SMARTS) is 4. The molecular formula is C35H39Cl2Li3N2O13. The van der Waals surface area contributed by atoms with E-state index in [1.165, 1.54) is 25.5 Å². The summed E-state index contributed by atoms with van der Waals surface area (Å²) in [4.78, 5) is 58.0. The molecule has 15 nitrogen and oxygen atoms in total. The van der Waals surface area contributed by atoms with E-state index in [-0.39, 0.29) is 98.8 Å². The van der Waals surface area contributed by atoms with Crippen molar-refractivity contribution in [1.82, 2.24) is 9.88 Å². The van der Waals surface area contributed by atoms with E-state index in [4.69, 9.17) is 14.9 Å². The van der Waals surface area contributed by atoms with Crippen LogP contribution >= 0.6 is 24.8 Å². The summed E-state index contributed by atoms with van der Waals surface area (Å²) in [7, 11) is 1.66. The van der Waals surface area contributed by atoms with Gasteiger partial charge in [-0.25, -0.2) is 4.79 Å². The predicted octanol–water partition coefficient (Wildman–Crippen LogP) is -8.91. The van der Waals surface area contributed by atoms with Gasteiger partial charge in [-0.15, -0.1) is 31.4 Å². The van der Waals surface area contributed by atoms with E-state index in [9.17, 15) is 44.4 Å². The van der Waals surface area contributed by atoms with Gasteiger partial charge in [0.25, 0.3) is 0 Å². The SMILES string of the molecule is C=C[C@H]1CN2CC[C@H]1C[C@H]2[C@H](O)c1ccnc2ccc(OC)cc12.CC(=O)Oc1ccccc1C(=O)O.Cl.Cl.O=C([O-])CC(O)(CC(=O)[O-])C(=O)[O-].[Li+].[Li+].[Li+]. The molecule has 1 unspecified atom stereocenters. The third-order valence-electron chi connectivity index (χ3n) is 8.44. The van der Waals surface area contributed by atoms with E-state index in [1.54, 1.807) is 25.4 Å². The summed E-state index contributed by atoms with van der Waals surface area (Å²) in [6.45, 7) is 7.29. The van der Waals surface area contributed by atoms with Gasteiger partial charge in [0.15, 0.2) is 0 Å². The van der Waals surface area contributed by atoms with Crippen molar-refractivity contribution in [3.05, 3.63) is 78.5 Å². The molecule has 3 fully saturated rings. The van der Waals surface area contributed by atoms with Gasteiger partial charge in [0.2, 0.25) is 0 Å². The van der Waals surface area contributed by atoms with Crippen LogP contribution in [-0.4, -0.2) is 86.9 Å². The molecule has 3 N–H and O–H groups in total. The maximum absolute atomic E-state index is 11.2. The number of aliphatic hydroxyl groups is 2. The van der Waals surface area contributed by atoms with Crippen LogP contribution in [0.15, 0.2) is 67.4 Å². The monoisotopic (exact) mass is 786 g/mol. The number of methoxy groups -OCH3 is 1. The quantitative estimate of drug-likeness (QED) is 0.0707. The molecule has 0 saturated carbocycles. The van der Waals surface area contributed by atoms with Gasteiger partial charge in [-0.2, -0.15) is 0 Å². The molecule has 5 atom stereocenters. The molecule has 3 aromatic rings. The zero-order chi connectivity index (χ0) is 37.2. The van der Waals surface area contributed by atoms with Gasteiger partial charge in [-0.1, -0.05) is 18.2 Å². The molecule has 2 aromatic carbocycles. The fraction of sp³-hybridized carbons (Fsp3) is 0.371. The molecule has 3 aliphatic rings. The summed E-state index contributed by atoms with van der Waals surface area (Å²) in [5.41, 5.74) is -1.14. The summed E-state index contributed by atoms with van der Waals surface area (Å²) in [6, 6.07) is 13.9. The van der Waals surface area contributed by atoms with Crippen LogP contribution in [0.4, 0.5) is 0 Å². The van der Waals surface area contributed by atoms with Gasteiger partial charge in [0, 0.05) is 55.9 Å². The molecule has 4 heterocycles. The van der Waals surface area contributed by atoms with Crippen LogP contribution in [0.25, 0.3) is 10.9 Å². The normalized spacial score (nSPS) is 18.0. The van der Waals surface area contributed by atoms with E-state index in [2.05, 4.69) is 27.3 Å². The van der Waals surface area contributed by atoms with Crippen LogP contribution in [0.3, 0.4) is 0 Å². The zero-order valence-electron chi connectivity index (χ0n) is 31.2. The standard InChI is InChI=1S/C20H24N2O2.C9H8O4.C6H8O7.2ClH.3Li/c1-3-13-12-22-9-7-14(13)10-19(22)20(23)16-6-8-21-18-5-4-15(24-2)11-17(16)18;1-6(10)13-8-5-3-2-4-7(8)9(11)12;7-3(8)1-6(13,5(11)12)2-4(9)10;;;;;/h3-6,8,11,13-14,19-20,23H,1,7,9-10,12H2,2H3;2-5H,1H3,(H,11,12);13H,1-2H2,(H,7,8)(H,9,10)(H,11,12);2*1H;;;/q;;;;;3*+1/p-3/t13-,14-,19-,20+;;;;;;;/m0......./s1. The minimum atomic E-state index is -2.97. The third-order valence-corrected chi connectivity index (χ3v) is 8.44. The molecule has 0 aliphatic carbocycles. The van der Waals surface area contributed by atoms with Crippen LogP contribution in [-0.2, 0) is 19.2 Å². The maximum atomic E-state index is 11.2. The summed E-state index contributed by atoms with van der Waals surface area (Å²) in [5, 5.41) is 59.7. The van der Waals surface area contributed by atoms with E-state index in [0.717, 1.165) is 41.7 Å². The molecule has 0 amide bonds. The Labute approximate surface area is 366 Å². The van der Waals surface area contributed by atoms with E-state index < -0.39 is 54.4 Å². The average Bonchev–Trinajstić information content (AvgIpc) is 3.07. The first kappa shape index (κ1) is 56.3. The Morgan fingerprint density at radius 1 is 1.02 bits per heavy atom. The number of piperidine rings is 3. The number of carboxylic acids is 4. The van der Waals surface area contributed by atoms with Crippen LogP contribution in [0.1, 0.15) is 54.6 Å². The first-order chi connectivity index (χ1) is 23.6. The number of esters is 1. The summed E-state index contributed by atoms with van der Waals surface area (Å²) in [5.74, 6) is -5.55. The second-order valence-corrected chi connectivity index (χ2v) is 11.8. The molecule has 2 bridgehead atoms. The number of hydrogen-bond donors (Lipinski definition) is 3. The van der Waals surface area contributed by atoms with Crippen molar-refractivity contribution in [3.63, 3.8) is 0 Å². The number of aliphatic hydroxyl groups excluding tert-OH is 1. The minimum Gasteiger partial charge on any atom is -0.550 e. The molecule has 0 radical (unpaired) electrons. The predicted molar refractivity (Wildman–Crippen MR) is 183 cm³/mol. The smallest absolute Gasteiger partial charge is 0.550 e. The van der Waals surface area contributed by atoms with Crippen LogP contribution in [0, 0.1) is 11.8 Å². The van der Waals surface area contributed by atoms with Gasteiger partial charge in [-0.05, 0) is 73.2 Å². The fourth-order valence-corrected chi connectivity index (χ4v) is 6.02. The number of fused-ring (bicyclic) bond motifs is 4. The van der Waals surface area contributed by atoms with Crippen molar-refractivity contribution in [2.45, 2.75) is 50.4 Å². The Kier molecular flexibility index (Phi) is 26.6. The molecule has 6 rings (SSSR count). The number of aromatic nitrogens is 1. The number of carbonyl (C=O) groups is 5. The van der Waals surface area contributed by atoms with Gasteiger partial charge < -0.3 is 54.5 Å². The summed E-state index contributed by atoms with van der Waals surface area (Å²) >= 11 is 0. The first-order valence-electron chi connectivity index (χ1n) is 15.4. The number of benzene rings is 2.